The third-order valence-corrected chi connectivity index (χ3v) is 9.56. The van der Waals surface area contributed by atoms with Crippen LogP contribution in [-0.2, 0) is 16.0 Å². The number of aromatic amines is 1. The number of hydrogen-bond donors (Lipinski definition) is 4. The van der Waals surface area contributed by atoms with Gasteiger partial charge in [0, 0.05) is 40.7 Å². The quantitative estimate of drug-likeness (QED) is 0.194. The summed E-state index contributed by atoms with van der Waals surface area (Å²) in [4.78, 5) is 46.0. The van der Waals surface area contributed by atoms with Gasteiger partial charge in [0.25, 0.3) is 5.91 Å². The Hall–Kier alpha value is -4.28. The number of primary amides is 1. The molecule has 0 radical (unpaired) electrons. The number of aromatic nitrogens is 3. The summed E-state index contributed by atoms with van der Waals surface area (Å²) in [6, 6.07) is 16.5. The maximum atomic E-state index is 14.2. The van der Waals surface area contributed by atoms with E-state index in [9.17, 15) is 14.4 Å². The standard InChI is InChI=1S/C35H41N7O3.ClH/c1-21-29(15-16-30(39-21)34(44)40-27-3-2-4-27)24-9-5-22(6-10-24)17-32(33(37)43)42(28-14-13-26-20-38-41-31(26)18-28)35(45)25-11-7-23(19-36)8-12-25;/h5-6,9-10,13-16,18,20,23,25,27,32H,2-4,7-8,11-12,17,19,36H2,1H3,(H2,37,43)(H,38,41)(H,40,44);1H/t23?,25?,32-;/m0./s1. The second kappa shape index (κ2) is 14.4. The average Bonchev–Trinajstić information content (AvgIpc) is 3.51. The predicted molar refractivity (Wildman–Crippen MR) is 182 cm³/mol. The van der Waals surface area contributed by atoms with Crippen molar-refractivity contribution in [3.8, 4) is 11.1 Å². The van der Waals surface area contributed by atoms with Crippen LogP contribution in [0.4, 0.5) is 5.69 Å². The lowest BCUT2D eigenvalue weighted by atomic mass is 9.81. The molecule has 2 aliphatic carbocycles. The molecule has 2 saturated carbocycles. The van der Waals surface area contributed by atoms with Crippen molar-refractivity contribution in [2.45, 2.75) is 70.4 Å². The second-order valence-corrected chi connectivity index (χ2v) is 12.6. The van der Waals surface area contributed by atoms with Crippen LogP contribution in [0.25, 0.3) is 22.0 Å². The normalized spacial score (nSPS) is 18.7. The molecule has 11 heteroatoms. The number of rotatable bonds is 10. The van der Waals surface area contributed by atoms with E-state index in [0.717, 1.165) is 78.2 Å². The number of fused-ring (bicyclic) bond motifs is 1. The van der Waals surface area contributed by atoms with Crippen molar-refractivity contribution in [1.29, 1.82) is 0 Å². The SMILES string of the molecule is Cc1nc(C(=O)NC2CCC2)ccc1-c1ccc(C[C@@H](C(N)=O)N(C(=O)C2CCC(CN)CC2)c2ccc3cn[nH]c3c2)cc1.Cl. The maximum Gasteiger partial charge on any atom is 0.270 e. The maximum absolute atomic E-state index is 14.2. The largest absolute Gasteiger partial charge is 0.368 e. The fourth-order valence-corrected chi connectivity index (χ4v) is 6.54. The summed E-state index contributed by atoms with van der Waals surface area (Å²) in [6.07, 6.45) is 8.43. The first-order valence-electron chi connectivity index (χ1n) is 15.9. The Morgan fingerprint density at radius 1 is 1.00 bits per heavy atom. The minimum atomic E-state index is -0.882. The van der Waals surface area contributed by atoms with Crippen LogP contribution in [0.1, 0.15) is 66.7 Å². The molecule has 46 heavy (non-hydrogen) atoms. The van der Waals surface area contributed by atoms with Crippen LogP contribution in [0.2, 0.25) is 0 Å². The molecule has 0 aliphatic heterocycles. The van der Waals surface area contributed by atoms with Gasteiger partial charge in [-0.15, -0.1) is 12.4 Å². The lowest BCUT2D eigenvalue weighted by Gasteiger charge is -2.35. The van der Waals surface area contributed by atoms with E-state index in [-0.39, 0.29) is 42.6 Å². The van der Waals surface area contributed by atoms with Crippen LogP contribution in [0.3, 0.4) is 0 Å². The second-order valence-electron chi connectivity index (χ2n) is 12.6. The number of H-pyrrole nitrogens is 1. The number of nitrogens with one attached hydrogen (secondary N) is 2. The Balaban J connectivity index is 0.00000417. The van der Waals surface area contributed by atoms with Crippen LogP contribution in [0.15, 0.2) is 60.8 Å². The fraction of sp³-hybridized carbons (Fsp3) is 0.400. The molecule has 6 rings (SSSR count). The number of amides is 3. The van der Waals surface area contributed by atoms with Gasteiger partial charge in [0.1, 0.15) is 11.7 Å². The molecule has 2 aromatic carbocycles. The van der Waals surface area contributed by atoms with Gasteiger partial charge in [-0.25, -0.2) is 4.98 Å². The summed E-state index contributed by atoms with van der Waals surface area (Å²) in [5, 5.41) is 11.0. The molecule has 0 saturated heterocycles. The molecule has 0 spiro atoms. The van der Waals surface area contributed by atoms with Gasteiger partial charge in [0.2, 0.25) is 11.8 Å². The van der Waals surface area contributed by atoms with Gasteiger partial charge in [-0.2, -0.15) is 5.10 Å². The molecule has 0 unspecified atom stereocenters. The highest BCUT2D eigenvalue weighted by Crippen LogP contribution is 2.33. The van der Waals surface area contributed by atoms with E-state index in [4.69, 9.17) is 11.5 Å². The molecular formula is C35H42ClN7O3. The van der Waals surface area contributed by atoms with Gasteiger partial charge in [-0.3, -0.25) is 24.4 Å². The van der Waals surface area contributed by atoms with Gasteiger partial charge in [-0.05, 0) is 99.7 Å². The molecule has 4 aromatic rings. The van der Waals surface area contributed by atoms with E-state index in [0.29, 0.717) is 23.8 Å². The van der Waals surface area contributed by atoms with E-state index in [2.05, 4.69) is 20.5 Å². The van der Waals surface area contributed by atoms with E-state index in [1.54, 1.807) is 17.2 Å². The minimum Gasteiger partial charge on any atom is -0.368 e. The number of carbonyl (C=O) groups is 3. The molecular weight excluding hydrogens is 602 g/mol. The van der Waals surface area contributed by atoms with E-state index >= 15 is 0 Å². The average molecular weight is 644 g/mol. The highest BCUT2D eigenvalue weighted by atomic mass is 35.5. The molecule has 2 heterocycles. The van der Waals surface area contributed by atoms with Gasteiger partial charge >= 0.3 is 0 Å². The number of anilines is 1. The lowest BCUT2D eigenvalue weighted by molar-refractivity contribution is -0.127. The van der Waals surface area contributed by atoms with Crippen LogP contribution in [-0.4, -0.2) is 51.5 Å². The minimum absolute atomic E-state index is 0. The molecule has 10 nitrogen and oxygen atoms in total. The Kier molecular flexibility index (Phi) is 10.4. The number of hydrogen-bond acceptors (Lipinski definition) is 6. The van der Waals surface area contributed by atoms with Crippen molar-refractivity contribution in [3.05, 3.63) is 77.7 Å². The Morgan fingerprint density at radius 2 is 1.74 bits per heavy atom. The molecule has 0 bridgehead atoms. The first-order chi connectivity index (χ1) is 21.8. The van der Waals surface area contributed by atoms with Crippen molar-refractivity contribution < 1.29 is 14.4 Å². The van der Waals surface area contributed by atoms with Crippen molar-refractivity contribution in [3.63, 3.8) is 0 Å². The molecule has 2 aromatic heterocycles. The summed E-state index contributed by atoms with van der Waals surface area (Å²) in [6.45, 7) is 2.52. The Morgan fingerprint density at radius 3 is 2.37 bits per heavy atom. The number of carbonyl (C=O) groups excluding carboxylic acids is 3. The summed E-state index contributed by atoms with van der Waals surface area (Å²) in [5.74, 6) is -0.575. The molecule has 1 atom stereocenters. The highest BCUT2D eigenvalue weighted by Gasteiger charge is 2.36. The highest BCUT2D eigenvalue weighted by molar-refractivity contribution is 6.03. The zero-order chi connectivity index (χ0) is 31.5. The first-order valence-corrected chi connectivity index (χ1v) is 15.9. The van der Waals surface area contributed by atoms with Gasteiger partial charge in [0.15, 0.2) is 0 Å². The lowest BCUT2D eigenvalue weighted by Crippen LogP contribution is -2.52. The molecule has 242 valence electrons. The number of aryl methyl sites for hydroxylation is 1. The predicted octanol–water partition coefficient (Wildman–Crippen LogP) is 4.83. The van der Waals surface area contributed by atoms with E-state index < -0.39 is 11.9 Å². The number of pyridine rings is 1. The van der Waals surface area contributed by atoms with Gasteiger partial charge < -0.3 is 16.8 Å². The topological polar surface area (TPSA) is 160 Å². The zero-order valence-corrected chi connectivity index (χ0v) is 26.9. The fourth-order valence-electron chi connectivity index (χ4n) is 6.54. The van der Waals surface area contributed by atoms with Crippen molar-refractivity contribution in [2.24, 2.45) is 23.3 Å². The van der Waals surface area contributed by atoms with Crippen molar-refractivity contribution >= 4 is 46.7 Å². The van der Waals surface area contributed by atoms with Crippen molar-refractivity contribution in [2.75, 3.05) is 11.4 Å². The van der Waals surface area contributed by atoms with Crippen LogP contribution in [0, 0.1) is 18.8 Å². The van der Waals surface area contributed by atoms with Crippen LogP contribution < -0.4 is 21.7 Å². The Bertz CT molecular complexity index is 1690. The third kappa shape index (κ3) is 7.08. The summed E-state index contributed by atoms with van der Waals surface area (Å²) in [5.41, 5.74) is 17.2. The zero-order valence-electron chi connectivity index (χ0n) is 26.1. The molecule has 2 aliphatic rings. The molecule has 6 N–H and O–H groups in total. The smallest absolute Gasteiger partial charge is 0.270 e. The summed E-state index contributed by atoms with van der Waals surface area (Å²) >= 11 is 0. The van der Waals surface area contributed by atoms with Gasteiger partial charge in [0.05, 0.1) is 11.7 Å². The summed E-state index contributed by atoms with van der Waals surface area (Å²) in [7, 11) is 0. The van der Waals surface area contributed by atoms with Crippen LogP contribution >= 0.6 is 12.4 Å². The monoisotopic (exact) mass is 643 g/mol. The summed E-state index contributed by atoms with van der Waals surface area (Å²) < 4.78 is 0. The number of nitrogens with zero attached hydrogens (tertiary/aromatic N) is 3. The number of halogens is 1. The third-order valence-electron chi connectivity index (χ3n) is 9.56. The van der Waals surface area contributed by atoms with E-state index in [1.807, 2.05) is 55.5 Å². The molecule has 2 fully saturated rings. The van der Waals surface area contributed by atoms with Crippen molar-refractivity contribution in [1.82, 2.24) is 20.5 Å². The number of benzene rings is 2. The van der Waals surface area contributed by atoms with Crippen LogP contribution in [0.5, 0.6) is 0 Å². The Labute approximate surface area is 275 Å². The van der Waals surface area contributed by atoms with E-state index in [1.165, 1.54) is 0 Å². The number of nitrogens with two attached hydrogens (primary N) is 2. The van der Waals surface area contributed by atoms with Gasteiger partial charge in [-0.1, -0.05) is 30.3 Å². The first kappa shape index (κ1) is 33.1. The molecule has 3 amide bonds.